The summed E-state index contributed by atoms with van der Waals surface area (Å²) in [6, 6.07) is 22.3. The molecule has 0 unspecified atom stereocenters. The smallest absolute Gasteiger partial charge is 0.225 e. The van der Waals surface area contributed by atoms with Gasteiger partial charge in [-0.3, -0.25) is 0 Å². The molecule has 1 N–H and O–H groups in total. The van der Waals surface area contributed by atoms with Crippen molar-refractivity contribution in [3.05, 3.63) is 72.3 Å². The van der Waals surface area contributed by atoms with Crippen molar-refractivity contribution >= 4 is 5.88 Å². The van der Waals surface area contributed by atoms with E-state index < -0.39 is 0 Å². The molecule has 0 aliphatic heterocycles. The number of nitrogens with zero attached hydrogens (tertiary/aromatic N) is 1. The molecule has 3 rings (SSSR count). The van der Waals surface area contributed by atoms with E-state index in [9.17, 15) is 0 Å². The summed E-state index contributed by atoms with van der Waals surface area (Å²) in [5.41, 5.74) is 3.22. The highest BCUT2D eigenvalue weighted by Crippen LogP contribution is 2.21. The maximum absolute atomic E-state index is 5.30. The third kappa shape index (κ3) is 3.06. The van der Waals surface area contributed by atoms with Crippen LogP contribution in [0.5, 0.6) is 0 Å². The minimum atomic E-state index is 0.708. The molecule has 3 nitrogen and oxygen atoms in total. The van der Waals surface area contributed by atoms with Crippen molar-refractivity contribution in [3.8, 4) is 11.3 Å². The minimum Gasteiger partial charge on any atom is -0.354 e. The van der Waals surface area contributed by atoms with Crippen LogP contribution in [0.4, 0.5) is 5.88 Å². The second-order valence-electron chi connectivity index (χ2n) is 4.60. The molecule has 3 heteroatoms. The topological polar surface area (TPSA) is 38.1 Å². The third-order valence-electron chi connectivity index (χ3n) is 3.14. The van der Waals surface area contributed by atoms with Gasteiger partial charge < -0.3 is 9.84 Å². The summed E-state index contributed by atoms with van der Waals surface area (Å²) in [6.07, 6.45) is 0.961. The Bertz CT molecular complexity index is 647. The number of aromatic nitrogens is 1. The molecule has 2 aromatic carbocycles. The van der Waals surface area contributed by atoms with Crippen LogP contribution in [0.3, 0.4) is 0 Å². The Morgan fingerprint density at radius 2 is 1.60 bits per heavy atom. The largest absolute Gasteiger partial charge is 0.354 e. The molecular formula is C17H16N2O. The van der Waals surface area contributed by atoms with Gasteiger partial charge in [0.2, 0.25) is 5.88 Å². The second kappa shape index (κ2) is 6.06. The predicted octanol–water partition coefficient (Wildman–Crippen LogP) is 4.00. The zero-order chi connectivity index (χ0) is 13.6. The standard InChI is InChI=1S/C17H16N2O/c1-3-7-14(8-4-1)11-12-18-17-13-16(19-20-17)15-9-5-2-6-10-15/h1-10,13,18H,11-12H2. The number of hydrogen-bond acceptors (Lipinski definition) is 3. The quantitative estimate of drug-likeness (QED) is 0.757. The number of benzene rings is 2. The Labute approximate surface area is 118 Å². The summed E-state index contributed by atoms with van der Waals surface area (Å²) in [4.78, 5) is 0. The van der Waals surface area contributed by atoms with E-state index in [1.165, 1.54) is 5.56 Å². The Hall–Kier alpha value is -2.55. The normalized spacial score (nSPS) is 10.4. The zero-order valence-corrected chi connectivity index (χ0v) is 11.1. The monoisotopic (exact) mass is 264 g/mol. The summed E-state index contributed by atoms with van der Waals surface area (Å²) in [7, 11) is 0. The van der Waals surface area contributed by atoms with Crippen LogP contribution in [0.2, 0.25) is 0 Å². The Balaban J connectivity index is 1.58. The molecule has 0 spiro atoms. The first kappa shape index (κ1) is 12.5. The molecule has 1 heterocycles. The van der Waals surface area contributed by atoms with Crippen LogP contribution >= 0.6 is 0 Å². The number of rotatable bonds is 5. The van der Waals surface area contributed by atoms with E-state index in [1.54, 1.807) is 0 Å². The fraction of sp³-hybridized carbons (Fsp3) is 0.118. The van der Waals surface area contributed by atoms with Crippen molar-refractivity contribution in [1.29, 1.82) is 0 Å². The van der Waals surface area contributed by atoms with Crippen molar-refractivity contribution in [3.63, 3.8) is 0 Å². The van der Waals surface area contributed by atoms with Crippen LogP contribution in [-0.2, 0) is 6.42 Å². The fourth-order valence-corrected chi connectivity index (χ4v) is 2.08. The molecule has 20 heavy (non-hydrogen) atoms. The van der Waals surface area contributed by atoms with Crippen LogP contribution in [0.25, 0.3) is 11.3 Å². The van der Waals surface area contributed by atoms with Crippen LogP contribution in [-0.4, -0.2) is 11.7 Å². The Kier molecular flexibility index (Phi) is 3.78. The predicted molar refractivity (Wildman–Crippen MR) is 80.6 cm³/mol. The van der Waals surface area contributed by atoms with E-state index in [0.717, 1.165) is 24.2 Å². The molecule has 1 aromatic heterocycles. The number of anilines is 1. The van der Waals surface area contributed by atoms with E-state index in [-0.39, 0.29) is 0 Å². The molecule has 3 aromatic rings. The van der Waals surface area contributed by atoms with Gasteiger partial charge in [-0.25, -0.2) is 0 Å². The van der Waals surface area contributed by atoms with Gasteiger partial charge in [0.25, 0.3) is 0 Å². The summed E-state index contributed by atoms with van der Waals surface area (Å²) in [5, 5.41) is 7.33. The van der Waals surface area contributed by atoms with E-state index in [4.69, 9.17) is 4.52 Å². The van der Waals surface area contributed by atoms with Gasteiger partial charge in [0, 0.05) is 18.2 Å². The van der Waals surface area contributed by atoms with Gasteiger partial charge in [-0.05, 0) is 12.0 Å². The van der Waals surface area contributed by atoms with Gasteiger partial charge in [-0.2, -0.15) is 0 Å². The Morgan fingerprint density at radius 1 is 0.900 bits per heavy atom. The van der Waals surface area contributed by atoms with E-state index >= 15 is 0 Å². The lowest BCUT2D eigenvalue weighted by molar-refractivity contribution is 0.435. The maximum Gasteiger partial charge on any atom is 0.225 e. The van der Waals surface area contributed by atoms with Gasteiger partial charge in [0.1, 0.15) is 5.69 Å². The average Bonchev–Trinajstić information content (AvgIpc) is 2.98. The average molecular weight is 264 g/mol. The van der Waals surface area contributed by atoms with Crippen LogP contribution in [0.15, 0.2) is 71.3 Å². The summed E-state index contributed by atoms with van der Waals surface area (Å²) >= 11 is 0. The zero-order valence-electron chi connectivity index (χ0n) is 11.1. The molecule has 0 saturated carbocycles. The third-order valence-corrected chi connectivity index (χ3v) is 3.14. The van der Waals surface area contributed by atoms with Crippen LogP contribution < -0.4 is 5.32 Å². The molecule has 0 fully saturated rings. The van der Waals surface area contributed by atoms with Crippen LogP contribution in [0, 0.1) is 0 Å². The minimum absolute atomic E-state index is 0.708. The van der Waals surface area contributed by atoms with Gasteiger partial charge >= 0.3 is 0 Å². The molecule has 100 valence electrons. The lowest BCUT2D eigenvalue weighted by Gasteiger charge is -2.01. The lowest BCUT2D eigenvalue weighted by Crippen LogP contribution is -2.03. The molecule has 0 aliphatic rings. The number of hydrogen-bond donors (Lipinski definition) is 1. The van der Waals surface area contributed by atoms with E-state index in [1.807, 2.05) is 42.5 Å². The number of nitrogens with one attached hydrogen (secondary N) is 1. The summed E-state index contributed by atoms with van der Waals surface area (Å²) in [6.45, 7) is 0.827. The van der Waals surface area contributed by atoms with Crippen molar-refractivity contribution in [2.75, 3.05) is 11.9 Å². The molecule has 0 radical (unpaired) electrons. The molecular weight excluding hydrogens is 248 g/mol. The molecule has 0 amide bonds. The highest BCUT2D eigenvalue weighted by molar-refractivity contribution is 5.61. The lowest BCUT2D eigenvalue weighted by atomic mass is 10.1. The van der Waals surface area contributed by atoms with Gasteiger partial charge in [0.15, 0.2) is 0 Å². The fourth-order valence-electron chi connectivity index (χ4n) is 2.08. The summed E-state index contributed by atoms with van der Waals surface area (Å²) in [5.74, 6) is 0.708. The van der Waals surface area contributed by atoms with Crippen LogP contribution in [0.1, 0.15) is 5.56 Å². The molecule has 0 bridgehead atoms. The van der Waals surface area contributed by atoms with Gasteiger partial charge in [-0.15, -0.1) is 0 Å². The summed E-state index contributed by atoms with van der Waals surface area (Å²) < 4.78 is 5.30. The van der Waals surface area contributed by atoms with Crippen molar-refractivity contribution in [2.24, 2.45) is 0 Å². The van der Waals surface area contributed by atoms with Crippen molar-refractivity contribution < 1.29 is 4.52 Å². The molecule has 0 atom stereocenters. The van der Waals surface area contributed by atoms with Gasteiger partial charge in [0.05, 0.1) is 0 Å². The second-order valence-corrected chi connectivity index (χ2v) is 4.60. The Morgan fingerprint density at radius 3 is 2.35 bits per heavy atom. The molecule has 0 saturated heterocycles. The SMILES string of the molecule is c1ccc(CCNc2cc(-c3ccccc3)no2)cc1. The van der Waals surface area contributed by atoms with Crippen molar-refractivity contribution in [1.82, 2.24) is 5.16 Å². The van der Waals surface area contributed by atoms with E-state index in [2.05, 4.69) is 34.7 Å². The maximum atomic E-state index is 5.30. The van der Waals surface area contributed by atoms with E-state index in [0.29, 0.717) is 5.88 Å². The first-order valence-electron chi connectivity index (χ1n) is 6.72. The molecule has 0 aliphatic carbocycles. The van der Waals surface area contributed by atoms with Gasteiger partial charge in [-0.1, -0.05) is 65.8 Å². The highest BCUT2D eigenvalue weighted by atomic mass is 16.5. The highest BCUT2D eigenvalue weighted by Gasteiger charge is 2.05. The van der Waals surface area contributed by atoms with Crippen molar-refractivity contribution in [2.45, 2.75) is 6.42 Å². The first-order valence-corrected chi connectivity index (χ1v) is 6.72. The first-order chi connectivity index (χ1) is 9.92.